The SMILES string of the molecule is CCc1nc(CN2CCC(=O)N(Cc3ccccc3)[C@@H](CC)C2)c(C)[nH]1. The number of carbonyl (C=O) groups is 1. The van der Waals surface area contributed by atoms with E-state index < -0.39 is 0 Å². The van der Waals surface area contributed by atoms with Crippen LogP contribution in [0.4, 0.5) is 0 Å². The van der Waals surface area contributed by atoms with E-state index >= 15 is 0 Å². The Hall–Kier alpha value is -2.14. The Morgan fingerprint density at radius 3 is 2.62 bits per heavy atom. The number of carbonyl (C=O) groups excluding carboxylic acids is 1. The fourth-order valence-corrected chi connectivity index (χ4v) is 3.68. The third-order valence-electron chi connectivity index (χ3n) is 5.28. The van der Waals surface area contributed by atoms with Gasteiger partial charge in [-0.2, -0.15) is 0 Å². The van der Waals surface area contributed by atoms with Crippen LogP contribution in [0.15, 0.2) is 30.3 Å². The van der Waals surface area contributed by atoms with Crippen LogP contribution in [0.25, 0.3) is 0 Å². The van der Waals surface area contributed by atoms with Gasteiger partial charge in [-0.1, -0.05) is 44.2 Å². The molecule has 5 nitrogen and oxygen atoms in total. The molecular formula is C21H30N4O. The number of benzene rings is 1. The minimum atomic E-state index is 0.245. The average Bonchev–Trinajstić information content (AvgIpc) is 2.94. The molecule has 1 aliphatic heterocycles. The summed E-state index contributed by atoms with van der Waals surface area (Å²) in [6.07, 6.45) is 2.46. The summed E-state index contributed by atoms with van der Waals surface area (Å²) < 4.78 is 0. The molecule has 0 bridgehead atoms. The van der Waals surface area contributed by atoms with Crippen LogP contribution in [0.3, 0.4) is 0 Å². The van der Waals surface area contributed by atoms with Crippen LogP contribution in [0, 0.1) is 6.92 Å². The number of aromatic nitrogens is 2. The minimum absolute atomic E-state index is 0.245. The third-order valence-corrected chi connectivity index (χ3v) is 5.28. The quantitative estimate of drug-likeness (QED) is 0.866. The van der Waals surface area contributed by atoms with Crippen LogP contribution in [0.2, 0.25) is 0 Å². The summed E-state index contributed by atoms with van der Waals surface area (Å²) in [7, 11) is 0. The molecule has 1 amide bonds. The van der Waals surface area contributed by atoms with E-state index in [1.807, 2.05) is 18.2 Å². The molecule has 0 saturated carbocycles. The van der Waals surface area contributed by atoms with Gasteiger partial charge < -0.3 is 9.88 Å². The largest absolute Gasteiger partial charge is 0.346 e. The standard InChI is InChI=1S/C21H30N4O/c1-4-18-14-24(15-19-16(3)22-20(5-2)23-19)12-11-21(26)25(18)13-17-9-7-6-8-10-17/h6-10,18H,4-5,11-15H2,1-3H3,(H,22,23)/t18-/m0/s1. The zero-order valence-electron chi connectivity index (χ0n) is 16.2. The lowest BCUT2D eigenvalue weighted by atomic mass is 10.1. The van der Waals surface area contributed by atoms with E-state index in [1.54, 1.807) is 0 Å². The van der Waals surface area contributed by atoms with Crippen molar-refractivity contribution in [2.45, 2.75) is 59.2 Å². The van der Waals surface area contributed by atoms with Gasteiger partial charge in [0.25, 0.3) is 0 Å². The van der Waals surface area contributed by atoms with E-state index in [9.17, 15) is 4.79 Å². The third kappa shape index (κ3) is 4.33. The molecule has 1 atom stereocenters. The van der Waals surface area contributed by atoms with E-state index in [-0.39, 0.29) is 11.9 Å². The first-order valence-corrected chi connectivity index (χ1v) is 9.70. The van der Waals surface area contributed by atoms with Gasteiger partial charge in [0, 0.05) is 50.8 Å². The topological polar surface area (TPSA) is 52.2 Å². The number of nitrogens with one attached hydrogen (secondary N) is 1. The van der Waals surface area contributed by atoms with E-state index in [4.69, 9.17) is 4.98 Å². The summed E-state index contributed by atoms with van der Waals surface area (Å²) in [5.41, 5.74) is 3.45. The molecule has 0 aliphatic carbocycles. The maximum Gasteiger partial charge on any atom is 0.224 e. The Labute approximate surface area is 156 Å². The lowest BCUT2D eigenvalue weighted by Crippen LogP contribution is -2.42. The molecule has 0 spiro atoms. The molecule has 1 aliphatic rings. The van der Waals surface area contributed by atoms with Crippen molar-refractivity contribution in [3.8, 4) is 0 Å². The highest BCUT2D eigenvalue weighted by Crippen LogP contribution is 2.19. The molecular weight excluding hydrogens is 324 g/mol. The van der Waals surface area contributed by atoms with Crippen LogP contribution in [-0.4, -0.2) is 44.8 Å². The predicted molar refractivity (Wildman–Crippen MR) is 104 cm³/mol. The summed E-state index contributed by atoms with van der Waals surface area (Å²) in [6.45, 7) is 9.59. The molecule has 2 heterocycles. The van der Waals surface area contributed by atoms with Gasteiger partial charge in [0.1, 0.15) is 5.82 Å². The van der Waals surface area contributed by atoms with Crippen LogP contribution in [0.1, 0.15) is 49.5 Å². The number of hydrogen-bond acceptors (Lipinski definition) is 3. The Balaban J connectivity index is 1.72. The summed E-state index contributed by atoms with van der Waals surface area (Å²) in [5, 5.41) is 0. The number of rotatable bonds is 6. The molecule has 1 aromatic carbocycles. The van der Waals surface area contributed by atoms with Gasteiger partial charge in [0.2, 0.25) is 5.91 Å². The highest BCUT2D eigenvalue weighted by Gasteiger charge is 2.29. The van der Waals surface area contributed by atoms with Crippen LogP contribution >= 0.6 is 0 Å². The smallest absolute Gasteiger partial charge is 0.224 e. The zero-order valence-corrected chi connectivity index (χ0v) is 16.2. The molecule has 1 aromatic heterocycles. The first-order valence-electron chi connectivity index (χ1n) is 9.70. The van der Waals surface area contributed by atoms with Crippen molar-refractivity contribution in [3.05, 3.63) is 53.1 Å². The summed E-state index contributed by atoms with van der Waals surface area (Å²) in [6, 6.07) is 10.5. The lowest BCUT2D eigenvalue weighted by Gasteiger charge is -2.31. The Morgan fingerprint density at radius 1 is 1.19 bits per heavy atom. The normalized spacial score (nSPS) is 19.0. The van der Waals surface area contributed by atoms with Crippen molar-refractivity contribution in [1.29, 1.82) is 0 Å². The number of H-pyrrole nitrogens is 1. The highest BCUT2D eigenvalue weighted by atomic mass is 16.2. The van der Waals surface area contributed by atoms with Crippen molar-refractivity contribution in [2.75, 3.05) is 13.1 Å². The second kappa shape index (κ2) is 8.49. The molecule has 0 radical (unpaired) electrons. The number of hydrogen-bond donors (Lipinski definition) is 1. The van der Waals surface area contributed by atoms with Crippen molar-refractivity contribution in [1.82, 2.24) is 19.8 Å². The van der Waals surface area contributed by atoms with Crippen molar-refractivity contribution < 1.29 is 4.79 Å². The molecule has 2 aromatic rings. The van der Waals surface area contributed by atoms with E-state index in [2.05, 4.69) is 47.7 Å². The molecule has 1 N–H and O–H groups in total. The fraction of sp³-hybridized carbons (Fsp3) is 0.524. The second-order valence-corrected chi connectivity index (χ2v) is 7.16. The first kappa shape index (κ1) is 18.6. The molecule has 5 heteroatoms. The van der Waals surface area contributed by atoms with Gasteiger partial charge in [0.15, 0.2) is 0 Å². The van der Waals surface area contributed by atoms with Crippen molar-refractivity contribution in [3.63, 3.8) is 0 Å². The number of aryl methyl sites for hydroxylation is 2. The molecule has 26 heavy (non-hydrogen) atoms. The van der Waals surface area contributed by atoms with Gasteiger partial charge in [-0.15, -0.1) is 0 Å². The maximum absolute atomic E-state index is 12.8. The van der Waals surface area contributed by atoms with Gasteiger partial charge in [-0.3, -0.25) is 9.69 Å². The minimum Gasteiger partial charge on any atom is -0.346 e. The van der Waals surface area contributed by atoms with Gasteiger partial charge in [-0.05, 0) is 18.9 Å². The first-order chi connectivity index (χ1) is 12.6. The molecule has 0 unspecified atom stereocenters. The van der Waals surface area contributed by atoms with Crippen LogP contribution in [-0.2, 0) is 24.3 Å². The number of aromatic amines is 1. The van der Waals surface area contributed by atoms with Crippen molar-refractivity contribution >= 4 is 5.91 Å². The Morgan fingerprint density at radius 2 is 1.96 bits per heavy atom. The predicted octanol–water partition coefficient (Wildman–Crippen LogP) is 3.29. The van der Waals surface area contributed by atoms with Gasteiger partial charge in [-0.25, -0.2) is 4.98 Å². The van der Waals surface area contributed by atoms with Gasteiger partial charge in [0.05, 0.1) is 5.69 Å². The second-order valence-electron chi connectivity index (χ2n) is 7.16. The Bertz CT molecular complexity index is 725. The Kier molecular flexibility index (Phi) is 6.09. The monoisotopic (exact) mass is 354 g/mol. The summed E-state index contributed by atoms with van der Waals surface area (Å²) in [5.74, 6) is 1.30. The van der Waals surface area contributed by atoms with Crippen LogP contribution < -0.4 is 0 Å². The molecule has 3 rings (SSSR count). The number of nitrogens with zero attached hydrogens (tertiary/aromatic N) is 3. The van der Waals surface area contributed by atoms with E-state index in [0.29, 0.717) is 13.0 Å². The van der Waals surface area contributed by atoms with Gasteiger partial charge >= 0.3 is 0 Å². The summed E-state index contributed by atoms with van der Waals surface area (Å²) >= 11 is 0. The van der Waals surface area contributed by atoms with Crippen molar-refractivity contribution in [2.24, 2.45) is 0 Å². The highest BCUT2D eigenvalue weighted by molar-refractivity contribution is 5.77. The van der Waals surface area contributed by atoms with E-state index in [0.717, 1.165) is 49.7 Å². The molecule has 1 fully saturated rings. The average molecular weight is 354 g/mol. The summed E-state index contributed by atoms with van der Waals surface area (Å²) in [4.78, 5) is 25.3. The number of imidazole rings is 1. The lowest BCUT2D eigenvalue weighted by molar-refractivity contribution is -0.133. The molecule has 1 saturated heterocycles. The maximum atomic E-state index is 12.8. The van der Waals surface area contributed by atoms with E-state index in [1.165, 1.54) is 5.56 Å². The zero-order chi connectivity index (χ0) is 18.5. The van der Waals surface area contributed by atoms with Crippen LogP contribution in [0.5, 0.6) is 0 Å². The molecule has 140 valence electrons. The fourth-order valence-electron chi connectivity index (χ4n) is 3.68. The number of amides is 1.